The van der Waals surface area contributed by atoms with Crippen LogP contribution in [-0.4, -0.2) is 31.7 Å². The van der Waals surface area contributed by atoms with Gasteiger partial charge in [-0.25, -0.2) is 0 Å². The van der Waals surface area contributed by atoms with Gasteiger partial charge in [0.05, 0.1) is 0 Å². The molecule has 0 aromatic carbocycles. The summed E-state index contributed by atoms with van der Waals surface area (Å²) in [7, 11) is 0. The molecule has 1 saturated heterocycles. The molecule has 58 valence electrons. The molecule has 0 atom stereocenters. The Kier molecular flexibility index (Phi) is 10.8. The molecule has 0 amide bonds. The molecule has 1 heterocycles. The largest absolute Gasteiger partial charge is 0.412 e. The molecule has 1 aliphatic heterocycles. The number of rotatable bonds is 0. The molecular weight excluding hydrogens is 140 g/mol. The minimum absolute atomic E-state index is 0. The van der Waals surface area contributed by atoms with Crippen LogP contribution in [0.5, 0.6) is 0 Å². The normalized spacial score (nSPS) is 18.7. The van der Waals surface area contributed by atoms with Crippen LogP contribution in [0, 0.1) is 0 Å². The first-order valence-electron chi connectivity index (χ1n) is 2.91. The predicted molar refractivity (Wildman–Crippen MR) is 41.2 cm³/mol. The van der Waals surface area contributed by atoms with Crippen LogP contribution in [0.1, 0.15) is 6.42 Å². The van der Waals surface area contributed by atoms with Crippen LogP contribution in [0.3, 0.4) is 0 Å². The average molecular weight is 155 g/mol. The first-order chi connectivity index (χ1) is 3.50. The number of halogens is 1. The highest BCUT2D eigenvalue weighted by molar-refractivity contribution is 5.85. The average Bonchev–Trinajstić information content (AvgIpc) is 1.90. The van der Waals surface area contributed by atoms with Crippen LogP contribution < -0.4 is 10.6 Å². The van der Waals surface area contributed by atoms with Gasteiger partial charge in [0.15, 0.2) is 0 Å². The van der Waals surface area contributed by atoms with Crippen molar-refractivity contribution < 1.29 is 5.48 Å². The summed E-state index contributed by atoms with van der Waals surface area (Å²) >= 11 is 0. The number of hydrogen-bond acceptors (Lipinski definition) is 2. The van der Waals surface area contributed by atoms with E-state index in [2.05, 4.69) is 10.6 Å². The second kappa shape index (κ2) is 8.17. The third kappa shape index (κ3) is 6.05. The summed E-state index contributed by atoms with van der Waals surface area (Å²) in [6.07, 6.45) is 1.28. The van der Waals surface area contributed by atoms with E-state index in [1.807, 2.05) is 0 Å². The van der Waals surface area contributed by atoms with E-state index in [9.17, 15) is 0 Å². The third-order valence-electron chi connectivity index (χ3n) is 1.19. The third-order valence-corrected chi connectivity index (χ3v) is 1.19. The molecule has 4 heteroatoms. The van der Waals surface area contributed by atoms with E-state index in [1.165, 1.54) is 19.5 Å². The second-order valence-electron chi connectivity index (χ2n) is 1.85. The van der Waals surface area contributed by atoms with Gasteiger partial charge in [0.25, 0.3) is 0 Å². The zero-order valence-corrected chi connectivity index (χ0v) is 6.26. The van der Waals surface area contributed by atoms with Crippen molar-refractivity contribution in [2.24, 2.45) is 0 Å². The topological polar surface area (TPSA) is 55.6 Å². The molecule has 0 aromatic rings. The Labute approximate surface area is 61.9 Å². The summed E-state index contributed by atoms with van der Waals surface area (Å²) in [5.41, 5.74) is 0. The van der Waals surface area contributed by atoms with Gasteiger partial charge in [0, 0.05) is 13.1 Å². The zero-order valence-electron chi connectivity index (χ0n) is 5.44. The van der Waals surface area contributed by atoms with Crippen LogP contribution in [0.2, 0.25) is 0 Å². The zero-order chi connectivity index (χ0) is 4.95. The summed E-state index contributed by atoms with van der Waals surface area (Å²) < 4.78 is 0. The molecule has 1 rings (SSSR count). The van der Waals surface area contributed by atoms with E-state index in [-0.39, 0.29) is 17.9 Å². The Morgan fingerprint density at radius 2 is 1.22 bits per heavy atom. The number of hydrogen-bond donors (Lipinski definition) is 2. The fourth-order valence-corrected chi connectivity index (χ4v) is 0.765. The van der Waals surface area contributed by atoms with Crippen LogP contribution in [-0.2, 0) is 0 Å². The van der Waals surface area contributed by atoms with Gasteiger partial charge >= 0.3 is 0 Å². The van der Waals surface area contributed by atoms with Crippen LogP contribution in [0.4, 0.5) is 0 Å². The van der Waals surface area contributed by atoms with E-state index >= 15 is 0 Å². The van der Waals surface area contributed by atoms with Crippen molar-refractivity contribution in [1.82, 2.24) is 10.6 Å². The van der Waals surface area contributed by atoms with Crippen molar-refractivity contribution >= 4 is 12.4 Å². The van der Waals surface area contributed by atoms with Crippen molar-refractivity contribution in [3.05, 3.63) is 0 Å². The molecule has 1 fully saturated rings. The quantitative estimate of drug-likeness (QED) is 0.479. The highest BCUT2D eigenvalue weighted by Gasteiger charge is 1.92. The summed E-state index contributed by atoms with van der Waals surface area (Å²) in [6, 6.07) is 0. The van der Waals surface area contributed by atoms with Gasteiger partial charge in [-0.2, -0.15) is 0 Å². The Balaban J connectivity index is 0. The molecular formula is C5H15ClN2O. The highest BCUT2D eigenvalue weighted by atomic mass is 35.5. The van der Waals surface area contributed by atoms with E-state index in [0.29, 0.717) is 0 Å². The Hall–Kier alpha value is 0.170. The van der Waals surface area contributed by atoms with Crippen molar-refractivity contribution in [3.63, 3.8) is 0 Å². The van der Waals surface area contributed by atoms with Gasteiger partial charge in [-0.1, -0.05) is 0 Å². The monoisotopic (exact) mass is 154 g/mol. The summed E-state index contributed by atoms with van der Waals surface area (Å²) in [6.45, 7) is 4.65. The molecule has 0 aliphatic carbocycles. The van der Waals surface area contributed by atoms with Crippen LogP contribution in [0.25, 0.3) is 0 Å². The molecule has 0 spiro atoms. The van der Waals surface area contributed by atoms with E-state index in [4.69, 9.17) is 0 Å². The fraction of sp³-hybridized carbons (Fsp3) is 1.00. The Morgan fingerprint density at radius 1 is 0.778 bits per heavy atom. The first-order valence-corrected chi connectivity index (χ1v) is 2.91. The molecule has 1 aliphatic rings. The molecule has 0 bridgehead atoms. The summed E-state index contributed by atoms with van der Waals surface area (Å²) in [5.74, 6) is 0. The van der Waals surface area contributed by atoms with Crippen LogP contribution in [0.15, 0.2) is 0 Å². The van der Waals surface area contributed by atoms with Crippen molar-refractivity contribution in [2.75, 3.05) is 26.2 Å². The molecule has 0 unspecified atom stereocenters. The SMILES string of the molecule is C1CNCCNC1.Cl.O. The first kappa shape index (κ1) is 11.9. The van der Waals surface area contributed by atoms with Gasteiger partial charge in [-0.15, -0.1) is 12.4 Å². The van der Waals surface area contributed by atoms with Gasteiger partial charge in [-0.3, -0.25) is 0 Å². The molecule has 0 radical (unpaired) electrons. The van der Waals surface area contributed by atoms with E-state index < -0.39 is 0 Å². The van der Waals surface area contributed by atoms with Crippen molar-refractivity contribution in [2.45, 2.75) is 6.42 Å². The predicted octanol–water partition coefficient (Wildman–Crippen LogP) is -0.834. The number of nitrogens with one attached hydrogen (secondary N) is 2. The lowest BCUT2D eigenvalue weighted by Crippen LogP contribution is -2.21. The summed E-state index contributed by atoms with van der Waals surface area (Å²) in [4.78, 5) is 0. The van der Waals surface area contributed by atoms with E-state index in [0.717, 1.165) is 13.1 Å². The Morgan fingerprint density at radius 3 is 1.67 bits per heavy atom. The smallest absolute Gasteiger partial charge is 0.00767 e. The maximum Gasteiger partial charge on any atom is 0.00767 e. The lowest BCUT2D eigenvalue weighted by atomic mass is 10.4. The summed E-state index contributed by atoms with van der Waals surface area (Å²) in [5, 5.41) is 6.57. The van der Waals surface area contributed by atoms with Crippen molar-refractivity contribution in [3.8, 4) is 0 Å². The van der Waals surface area contributed by atoms with Crippen molar-refractivity contribution in [1.29, 1.82) is 0 Å². The lowest BCUT2D eigenvalue weighted by molar-refractivity contribution is 0.718. The molecule has 0 saturated carbocycles. The maximum absolute atomic E-state index is 3.28. The van der Waals surface area contributed by atoms with Gasteiger partial charge in [-0.05, 0) is 19.5 Å². The standard InChI is InChI=1S/C5H12N2.ClH.H2O/c1-2-6-4-5-7-3-1;;/h6-7H,1-5H2;1H;1H2. The lowest BCUT2D eigenvalue weighted by Gasteiger charge is -1.92. The van der Waals surface area contributed by atoms with Crippen LogP contribution >= 0.6 is 12.4 Å². The van der Waals surface area contributed by atoms with Gasteiger partial charge < -0.3 is 16.1 Å². The molecule has 9 heavy (non-hydrogen) atoms. The maximum atomic E-state index is 3.28. The molecule has 0 aromatic heterocycles. The molecule has 3 nitrogen and oxygen atoms in total. The minimum Gasteiger partial charge on any atom is -0.412 e. The Bertz CT molecular complexity index is 34.6. The highest BCUT2D eigenvalue weighted by Crippen LogP contribution is 1.75. The van der Waals surface area contributed by atoms with E-state index in [1.54, 1.807) is 0 Å². The minimum atomic E-state index is 0. The van der Waals surface area contributed by atoms with Gasteiger partial charge in [0.2, 0.25) is 0 Å². The second-order valence-corrected chi connectivity index (χ2v) is 1.85. The van der Waals surface area contributed by atoms with Gasteiger partial charge in [0.1, 0.15) is 0 Å². The molecule has 4 N–H and O–H groups in total. The fourth-order valence-electron chi connectivity index (χ4n) is 0.765.